The number of benzene rings is 5. The summed E-state index contributed by atoms with van der Waals surface area (Å²) in [5.41, 5.74) is 5.22. The lowest BCUT2D eigenvalue weighted by molar-refractivity contribution is 1.60. The first-order valence-electron chi connectivity index (χ1n) is 11.2. The molecule has 0 bridgehead atoms. The molecule has 0 aliphatic heterocycles. The molecule has 3 heteroatoms. The van der Waals surface area contributed by atoms with Crippen LogP contribution in [-0.2, 0) is 0 Å². The molecule has 34 heavy (non-hydrogen) atoms. The maximum atomic E-state index is 3.78. The van der Waals surface area contributed by atoms with Crippen molar-refractivity contribution in [1.29, 1.82) is 0 Å². The molecule has 0 spiro atoms. The summed E-state index contributed by atoms with van der Waals surface area (Å²) in [7, 11) is 0. The van der Waals surface area contributed by atoms with Crippen LogP contribution in [0.3, 0.4) is 0 Å². The molecule has 0 saturated heterocycles. The summed E-state index contributed by atoms with van der Waals surface area (Å²) in [6.07, 6.45) is 0. The van der Waals surface area contributed by atoms with Crippen molar-refractivity contribution in [3.63, 3.8) is 0 Å². The Morgan fingerprint density at radius 1 is 0.382 bits per heavy atom. The van der Waals surface area contributed by atoms with Gasteiger partial charge >= 0.3 is 0 Å². The Morgan fingerprint density at radius 2 is 0.735 bits per heavy atom. The van der Waals surface area contributed by atoms with Gasteiger partial charge in [-0.3, -0.25) is 0 Å². The summed E-state index contributed by atoms with van der Waals surface area (Å²) < 4.78 is 2.20. The van der Waals surface area contributed by atoms with Gasteiger partial charge in [0.1, 0.15) is 0 Å². The predicted molar refractivity (Wildman–Crippen MR) is 156 cm³/mol. The van der Waals surface area contributed by atoms with E-state index >= 15 is 0 Å². The van der Waals surface area contributed by atoms with Crippen LogP contribution < -0.4 is 15.9 Å². The molecule has 164 valence electrons. The van der Waals surface area contributed by atoms with E-state index in [1.807, 2.05) is 0 Å². The van der Waals surface area contributed by atoms with Crippen molar-refractivity contribution in [3.05, 3.63) is 147 Å². The van der Waals surface area contributed by atoms with E-state index in [2.05, 4.69) is 159 Å². The molecule has 0 fully saturated rings. The van der Waals surface area contributed by atoms with E-state index in [4.69, 9.17) is 0 Å². The van der Waals surface area contributed by atoms with Gasteiger partial charge in [0, 0.05) is 14.2 Å². The van der Waals surface area contributed by atoms with Gasteiger partial charge in [-0.1, -0.05) is 135 Å². The van der Waals surface area contributed by atoms with E-state index in [9.17, 15) is 0 Å². The summed E-state index contributed by atoms with van der Waals surface area (Å²) in [5, 5.41) is 5.51. The van der Waals surface area contributed by atoms with E-state index in [1.165, 1.54) is 43.5 Å². The van der Waals surface area contributed by atoms with Crippen LogP contribution in [0.2, 0.25) is 0 Å². The molecule has 1 aliphatic carbocycles. The second-order valence-electron chi connectivity index (χ2n) is 8.41. The average Bonchev–Trinajstić information content (AvgIpc) is 3.19. The lowest BCUT2D eigenvalue weighted by atomic mass is 10.1. The highest BCUT2D eigenvalue weighted by molar-refractivity contribution is 9.10. The third-order valence-electron chi connectivity index (χ3n) is 6.53. The molecule has 1 aliphatic rings. The Balaban J connectivity index is 1.94. The van der Waals surface area contributed by atoms with Crippen molar-refractivity contribution in [2.45, 2.75) is 0 Å². The van der Waals surface area contributed by atoms with Crippen LogP contribution in [0.15, 0.2) is 136 Å². The Hall–Kier alpha value is -2.64. The molecule has 0 N–H and O–H groups in total. The van der Waals surface area contributed by atoms with Gasteiger partial charge in [-0.05, 0) is 69.3 Å². The Labute approximate surface area is 217 Å². The van der Waals surface area contributed by atoms with E-state index < -0.39 is 6.89 Å². The molecule has 0 amide bonds. The maximum Gasteiger partial charge on any atom is 0.0181 e. The van der Waals surface area contributed by atoms with Gasteiger partial charge in [-0.15, -0.1) is 0 Å². The molecule has 0 heterocycles. The number of fused-ring (bicyclic) bond motifs is 3. The molecule has 6 rings (SSSR count). The highest BCUT2D eigenvalue weighted by Crippen LogP contribution is 2.54. The van der Waals surface area contributed by atoms with E-state index in [0.717, 1.165) is 8.95 Å². The first-order valence-corrected chi connectivity index (χ1v) is 14.6. The molecule has 5 aromatic carbocycles. The summed E-state index contributed by atoms with van der Waals surface area (Å²) >= 11 is 7.55. The van der Waals surface area contributed by atoms with E-state index in [-0.39, 0.29) is 0 Å². The number of halogens is 2. The van der Waals surface area contributed by atoms with Crippen LogP contribution in [-0.4, -0.2) is 5.29 Å². The van der Waals surface area contributed by atoms with Gasteiger partial charge in [-0.25, -0.2) is 0 Å². The van der Waals surface area contributed by atoms with Crippen LogP contribution in [0, 0.1) is 0 Å². The maximum absolute atomic E-state index is 3.78. The summed E-state index contributed by atoms with van der Waals surface area (Å²) in [4.78, 5) is 0. The molecule has 0 unspecified atom stereocenters. The van der Waals surface area contributed by atoms with Gasteiger partial charge in [0.2, 0.25) is 0 Å². The van der Waals surface area contributed by atoms with Crippen molar-refractivity contribution in [2.75, 3.05) is 0 Å². The largest absolute Gasteiger partial charge is 0.0622 e. The van der Waals surface area contributed by atoms with Crippen molar-refractivity contribution >= 4 is 60.0 Å². The molecule has 0 aromatic heterocycles. The molecule has 0 radical (unpaired) electrons. The van der Waals surface area contributed by atoms with Crippen molar-refractivity contribution in [1.82, 2.24) is 0 Å². The second-order valence-corrected chi connectivity index (χ2v) is 13.6. The van der Waals surface area contributed by atoms with Crippen LogP contribution in [0.5, 0.6) is 0 Å². The first-order chi connectivity index (χ1) is 16.7. The molecule has 0 nitrogen and oxygen atoms in total. The SMILES string of the molecule is Brc1ccc2c(c1)C(=P(c1ccccc1)(c1ccccc1)c1ccccc1)c1cc(Br)ccc1-2. The molecule has 0 atom stereocenters. The van der Waals surface area contributed by atoms with Crippen LogP contribution >= 0.6 is 38.7 Å². The second kappa shape index (κ2) is 8.86. The summed E-state index contributed by atoms with van der Waals surface area (Å²) in [5.74, 6) is 0. The zero-order chi connectivity index (χ0) is 23.1. The number of rotatable bonds is 3. The Bertz CT molecular complexity index is 1400. The van der Waals surface area contributed by atoms with Gasteiger partial charge in [0.05, 0.1) is 0 Å². The quantitative estimate of drug-likeness (QED) is 0.187. The van der Waals surface area contributed by atoms with Crippen molar-refractivity contribution in [2.24, 2.45) is 0 Å². The normalized spacial score (nSPS) is 12.4. The fraction of sp³-hybridized carbons (Fsp3) is 0. The third kappa shape index (κ3) is 3.40. The summed E-state index contributed by atoms with van der Waals surface area (Å²) in [6.45, 7) is -2.23. The smallest absolute Gasteiger partial charge is 0.0181 e. The van der Waals surface area contributed by atoms with Crippen LogP contribution in [0.4, 0.5) is 0 Å². The lowest BCUT2D eigenvalue weighted by Gasteiger charge is -2.32. The average molecular weight is 584 g/mol. The third-order valence-corrected chi connectivity index (χ3v) is 11.9. The minimum Gasteiger partial charge on any atom is -0.0622 e. The standard InChI is InChI=1S/C31H21Br2P/c32-22-16-18-27-28-19-17-23(33)21-30(28)31(29(27)20-22)34(24-10-4-1-5-11-24,25-12-6-2-7-13-25)26-14-8-3-9-15-26/h1-21H. The van der Waals surface area contributed by atoms with Crippen LogP contribution in [0.1, 0.15) is 11.1 Å². The minimum absolute atomic E-state index is 1.10. The zero-order valence-corrected chi connectivity index (χ0v) is 22.4. The van der Waals surface area contributed by atoms with Crippen molar-refractivity contribution < 1.29 is 0 Å². The highest BCUT2D eigenvalue weighted by atomic mass is 79.9. The fourth-order valence-corrected chi connectivity index (χ4v) is 10.5. The molecule has 5 aromatic rings. The number of hydrogen-bond donors (Lipinski definition) is 0. The van der Waals surface area contributed by atoms with Crippen LogP contribution in [0.25, 0.3) is 11.1 Å². The topological polar surface area (TPSA) is 0 Å². The monoisotopic (exact) mass is 582 g/mol. The van der Waals surface area contributed by atoms with Gasteiger partial charge < -0.3 is 0 Å². The first kappa shape index (κ1) is 21.9. The Kier molecular flexibility index (Phi) is 5.70. The molecule has 0 saturated carbocycles. The zero-order valence-electron chi connectivity index (χ0n) is 18.3. The Morgan fingerprint density at radius 3 is 1.09 bits per heavy atom. The molecular formula is C31H21Br2P. The lowest BCUT2D eigenvalue weighted by Crippen LogP contribution is -2.30. The van der Waals surface area contributed by atoms with Gasteiger partial charge in [0.25, 0.3) is 0 Å². The van der Waals surface area contributed by atoms with E-state index in [1.54, 1.807) is 0 Å². The number of hydrogen-bond acceptors (Lipinski definition) is 0. The van der Waals surface area contributed by atoms with Gasteiger partial charge in [-0.2, -0.15) is 0 Å². The van der Waals surface area contributed by atoms with Crippen molar-refractivity contribution in [3.8, 4) is 11.1 Å². The van der Waals surface area contributed by atoms with Gasteiger partial charge in [0.15, 0.2) is 0 Å². The summed E-state index contributed by atoms with van der Waals surface area (Å²) in [6, 6.07) is 46.7. The minimum atomic E-state index is -2.23. The predicted octanol–water partition coefficient (Wildman–Crippen LogP) is 7.75. The fourth-order valence-electron chi connectivity index (χ4n) is 5.19. The molecular weight excluding hydrogens is 563 g/mol. The van der Waals surface area contributed by atoms with E-state index in [0.29, 0.717) is 0 Å². The highest BCUT2D eigenvalue weighted by Gasteiger charge is 2.36.